The van der Waals surface area contributed by atoms with E-state index in [1.165, 1.54) is 10.5 Å². The van der Waals surface area contributed by atoms with Gasteiger partial charge >= 0.3 is 0 Å². The minimum absolute atomic E-state index is 0.0505. The van der Waals surface area contributed by atoms with Crippen LogP contribution in [0.3, 0.4) is 0 Å². The molecule has 10 heteroatoms. The molecule has 0 saturated carbocycles. The average Bonchev–Trinajstić information content (AvgIpc) is 3.08. The lowest BCUT2D eigenvalue weighted by Crippen LogP contribution is -2.44. The number of hydrogen-bond acceptors (Lipinski definition) is 5. The molecule has 1 atom stereocenters. The maximum Gasteiger partial charge on any atom is 0.262 e. The first-order valence-electron chi connectivity index (χ1n) is 10.3. The predicted molar refractivity (Wildman–Crippen MR) is 120 cm³/mol. The van der Waals surface area contributed by atoms with E-state index in [0.717, 1.165) is 5.56 Å². The summed E-state index contributed by atoms with van der Waals surface area (Å²) in [5.41, 5.74) is 0.959. The fourth-order valence-electron chi connectivity index (χ4n) is 3.80. The maximum atomic E-state index is 12.8. The van der Waals surface area contributed by atoms with E-state index >= 15 is 0 Å². The third-order valence-electron chi connectivity index (χ3n) is 5.87. The number of aryl methyl sites for hydroxylation is 2. The Labute approximate surface area is 189 Å². The quantitative estimate of drug-likeness (QED) is 0.674. The lowest BCUT2D eigenvalue weighted by molar-refractivity contribution is -0.126. The molecule has 1 amide bonds. The van der Waals surface area contributed by atoms with Gasteiger partial charge in [0.25, 0.3) is 10.0 Å². The third-order valence-corrected chi connectivity index (χ3v) is 7.99. The van der Waals surface area contributed by atoms with Crippen molar-refractivity contribution in [1.82, 2.24) is 24.1 Å². The number of likely N-dealkylation sites (N-methyl/N-ethyl adjacent to an activating group) is 1. The normalized spacial score (nSPS) is 17.1. The molecule has 0 spiro atoms. The first-order valence-corrected chi connectivity index (χ1v) is 12.1. The van der Waals surface area contributed by atoms with Crippen molar-refractivity contribution in [2.75, 3.05) is 33.7 Å². The molecule has 1 unspecified atom stereocenters. The van der Waals surface area contributed by atoms with Crippen LogP contribution >= 0.6 is 11.6 Å². The molecule has 3 rings (SSSR count). The third kappa shape index (κ3) is 5.28. The molecule has 1 aromatic carbocycles. The fourth-order valence-corrected chi connectivity index (χ4v) is 5.56. The van der Waals surface area contributed by atoms with E-state index in [2.05, 4.69) is 10.3 Å². The molecule has 1 aliphatic heterocycles. The Morgan fingerprint density at radius 3 is 2.48 bits per heavy atom. The van der Waals surface area contributed by atoms with Crippen LogP contribution in [-0.4, -0.2) is 66.8 Å². The lowest BCUT2D eigenvalue weighted by Gasteiger charge is -2.31. The number of hydrogen-bond donors (Lipinski definition) is 1. The van der Waals surface area contributed by atoms with Gasteiger partial charge in [-0.2, -0.15) is 4.31 Å². The number of nitrogens with zero attached hydrogens (tertiary/aromatic N) is 4. The zero-order valence-electron chi connectivity index (χ0n) is 18.4. The molecular weight excluding hydrogens is 438 g/mol. The molecular formula is C21H30ClN5O3S. The van der Waals surface area contributed by atoms with Gasteiger partial charge in [0.15, 0.2) is 5.03 Å². The van der Waals surface area contributed by atoms with Crippen LogP contribution < -0.4 is 5.32 Å². The Balaban J connectivity index is 1.58. The summed E-state index contributed by atoms with van der Waals surface area (Å²) >= 11 is 6.34. The van der Waals surface area contributed by atoms with E-state index in [1.54, 1.807) is 18.5 Å². The number of halogens is 1. The topological polar surface area (TPSA) is 87.5 Å². The van der Waals surface area contributed by atoms with Gasteiger partial charge in [0.05, 0.1) is 6.04 Å². The van der Waals surface area contributed by atoms with E-state index < -0.39 is 10.0 Å². The minimum Gasteiger partial charge on any atom is -0.354 e. The molecule has 1 aromatic heterocycles. The van der Waals surface area contributed by atoms with Gasteiger partial charge in [-0.15, -0.1) is 0 Å². The molecule has 0 bridgehead atoms. The van der Waals surface area contributed by atoms with Gasteiger partial charge in [-0.25, -0.2) is 13.4 Å². The average molecular weight is 468 g/mol. The van der Waals surface area contributed by atoms with Gasteiger partial charge in [0.2, 0.25) is 5.91 Å². The number of benzene rings is 1. The smallest absolute Gasteiger partial charge is 0.262 e. The van der Waals surface area contributed by atoms with Crippen molar-refractivity contribution in [3.05, 3.63) is 46.9 Å². The van der Waals surface area contributed by atoms with Crippen LogP contribution in [0.1, 0.15) is 30.3 Å². The monoisotopic (exact) mass is 467 g/mol. The van der Waals surface area contributed by atoms with Crippen LogP contribution in [0.5, 0.6) is 0 Å². The molecule has 170 valence electrons. The Morgan fingerprint density at radius 2 is 1.94 bits per heavy atom. The van der Waals surface area contributed by atoms with Gasteiger partial charge in [-0.05, 0) is 45.5 Å². The van der Waals surface area contributed by atoms with Crippen LogP contribution in [0.4, 0.5) is 0 Å². The van der Waals surface area contributed by atoms with E-state index in [4.69, 9.17) is 11.6 Å². The zero-order chi connectivity index (χ0) is 22.8. The number of rotatable bonds is 7. The number of amides is 1. The molecule has 2 heterocycles. The fraction of sp³-hybridized carbons (Fsp3) is 0.524. The molecule has 0 aliphatic carbocycles. The Kier molecular flexibility index (Phi) is 7.41. The number of piperidine rings is 1. The second kappa shape index (κ2) is 9.68. The molecule has 2 aromatic rings. The van der Waals surface area contributed by atoms with Crippen molar-refractivity contribution in [2.24, 2.45) is 13.0 Å². The van der Waals surface area contributed by atoms with Crippen molar-refractivity contribution in [3.63, 3.8) is 0 Å². The molecule has 8 nitrogen and oxygen atoms in total. The SMILES string of the molecule is Cc1nc(S(=O)(=O)N2CCC(C(=O)NCC(c3ccccc3Cl)N(C)C)CC2)cn1C. The second-order valence-corrected chi connectivity index (χ2v) is 10.5. The second-order valence-electron chi connectivity index (χ2n) is 8.16. The highest BCUT2D eigenvalue weighted by Crippen LogP contribution is 2.27. The number of sulfonamides is 1. The highest BCUT2D eigenvalue weighted by Gasteiger charge is 2.33. The van der Waals surface area contributed by atoms with Gasteiger partial charge in [0, 0.05) is 43.8 Å². The summed E-state index contributed by atoms with van der Waals surface area (Å²) in [5.74, 6) is 0.373. The number of imidazole rings is 1. The van der Waals surface area contributed by atoms with Crippen molar-refractivity contribution in [3.8, 4) is 0 Å². The summed E-state index contributed by atoms with van der Waals surface area (Å²) in [6.45, 7) is 2.80. The summed E-state index contributed by atoms with van der Waals surface area (Å²) in [7, 11) is 2.02. The van der Waals surface area contributed by atoms with Gasteiger partial charge in [0.1, 0.15) is 5.82 Å². The number of carbonyl (C=O) groups is 1. The van der Waals surface area contributed by atoms with Crippen LogP contribution in [0.15, 0.2) is 35.5 Å². The number of carbonyl (C=O) groups excluding carboxylic acids is 1. The van der Waals surface area contributed by atoms with Crippen LogP contribution in [-0.2, 0) is 21.9 Å². The van der Waals surface area contributed by atoms with Crippen molar-refractivity contribution in [1.29, 1.82) is 0 Å². The first-order chi connectivity index (χ1) is 14.6. The zero-order valence-corrected chi connectivity index (χ0v) is 19.9. The Hall–Kier alpha value is -1.94. The maximum absolute atomic E-state index is 12.8. The minimum atomic E-state index is -3.64. The van der Waals surface area contributed by atoms with E-state index in [-0.39, 0.29) is 22.9 Å². The predicted octanol–water partition coefficient (Wildman–Crippen LogP) is 2.20. The highest BCUT2D eigenvalue weighted by molar-refractivity contribution is 7.89. The van der Waals surface area contributed by atoms with Gasteiger partial charge in [-0.1, -0.05) is 29.8 Å². The van der Waals surface area contributed by atoms with Crippen LogP contribution in [0.2, 0.25) is 5.02 Å². The Bertz CT molecular complexity index is 1010. The standard InChI is InChI=1S/C21H30ClN5O3S/c1-15-24-20(14-26(15)4)31(29,30)27-11-9-16(10-12-27)21(28)23-13-19(25(2)3)17-7-5-6-8-18(17)22/h5-8,14,16,19H,9-13H2,1-4H3,(H,23,28). The van der Waals surface area contributed by atoms with E-state index in [1.807, 2.05) is 43.3 Å². The highest BCUT2D eigenvalue weighted by atomic mass is 35.5. The lowest BCUT2D eigenvalue weighted by atomic mass is 9.97. The summed E-state index contributed by atoms with van der Waals surface area (Å²) in [6, 6.07) is 7.56. The van der Waals surface area contributed by atoms with Crippen molar-refractivity contribution >= 4 is 27.5 Å². The van der Waals surface area contributed by atoms with Crippen LogP contribution in [0.25, 0.3) is 0 Å². The van der Waals surface area contributed by atoms with E-state index in [9.17, 15) is 13.2 Å². The molecule has 1 fully saturated rings. The summed E-state index contributed by atoms with van der Waals surface area (Å²) in [5, 5.41) is 3.76. The van der Waals surface area contributed by atoms with Crippen molar-refractivity contribution < 1.29 is 13.2 Å². The first kappa shape index (κ1) is 23.7. The molecule has 31 heavy (non-hydrogen) atoms. The Morgan fingerprint density at radius 1 is 1.29 bits per heavy atom. The van der Waals surface area contributed by atoms with Gasteiger partial charge < -0.3 is 14.8 Å². The number of aromatic nitrogens is 2. The molecule has 1 saturated heterocycles. The van der Waals surface area contributed by atoms with E-state index in [0.29, 0.717) is 43.3 Å². The number of nitrogens with one attached hydrogen (secondary N) is 1. The molecule has 0 radical (unpaired) electrons. The van der Waals surface area contributed by atoms with Crippen LogP contribution in [0, 0.1) is 12.8 Å². The molecule has 1 N–H and O–H groups in total. The summed E-state index contributed by atoms with van der Waals surface area (Å²) in [4.78, 5) is 18.9. The summed E-state index contributed by atoms with van der Waals surface area (Å²) in [6.07, 6.45) is 2.49. The largest absolute Gasteiger partial charge is 0.354 e. The summed E-state index contributed by atoms with van der Waals surface area (Å²) < 4.78 is 28.8. The van der Waals surface area contributed by atoms with Crippen molar-refractivity contribution in [2.45, 2.75) is 30.8 Å². The van der Waals surface area contributed by atoms with Gasteiger partial charge in [-0.3, -0.25) is 4.79 Å². The molecule has 1 aliphatic rings.